The zero-order valence-corrected chi connectivity index (χ0v) is 9.96. The average molecular weight is 212 g/mol. The monoisotopic (exact) mass is 212 g/mol. The van der Waals surface area contributed by atoms with E-state index in [1.807, 2.05) is 0 Å². The van der Waals surface area contributed by atoms with Crippen LogP contribution in [-0.2, 0) is 9.53 Å². The minimum absolute atomic E-state index is 0.0259. The highest BCUT2D eigenvalue weighted by atomic mass is 16.5. The molecule has 0 spiro atoms. The number of rotatable bonds is 6. The Bertz CT molecular complexity index is 171. The fourth-order valence-corrected chi connectivity index (χ4v) is 2.12. The quantitative estimate of drug-likeness (QED) is 0.494. The fraction of sp³-hybridized carbons (Fsp3) is 0.923. The molecular formula is C13H24O2. The van der Waals surface area contributed by atoms with E-state index in [0.717, 1.165) is 25.7 Å². The molecule has 2 heteroatoms. The summed E-state index contributed by atoms with van der Waals surface area (Å²) < 4.78 is 5.43. The van der Waals surface area contributed by atoms with E-state index in [-0.39, 0.29) is 12.1 Å². The molecule has 0 amide bonds. The van der Waals surface area contributed by atoms with Crippen LogP contribution in [0.15, 0.2) is 0 Å². The predicted octanol–water partition coefficient (Wildman–Crippen LogP) is 3.83. The van der Waals surface area contributed by atoms with Gasteiger partial charge in [-0.25, -0.2) is 0 Å². The summed E-state index contributed by atoms with van der Waals surface area (Å²) in [6, 6.07) is 0. The first kappa shape index (κ1) is 12.5. The van der Waals surface area contributed by atoms with Gasteiger partial charge in [-0.1, -0.05) is 32.6 Å². The largest absolute Gasteiger partial charge is 0.462 e. The summed E-state index contributed by atoms with van der Waals surface area (Å²) in [6.45, 7) is 2.18. The smallest absolute Gasteiger partial charge is 0.306 e. The van der Waals surface area contributed by atoms with Crippen LogP contribution in [0.5, 0.6) is 0 Å². The van der Waals surface area contributed by atoms with Gasteiger partial charge >= 0.3 is 5.97 Å². The van der Waals surface area contributed by atoms with Crippen molar-refractivity contribution in [3.05, 3.63) is 0 Å². The van der Waals surface area contributed by atoms with E-state index in [2.05, 4.69) is 6.92 Å². The lowest BCUT2D eigenvalue weighted by Crippen LogP contribution is -2.20. The Morgan fingerprint density at radius 3 is 2.53 bits per heavy atom. The fourth-order valence-electron chi connectivity index (χ4n) is 2.12. The predicted molar refractivity (Wildman–Crippen MR) is 61.7 cm³/mol. The Labute approximate surface area is 93.4 Å². The molecule has 1 rings (SSSR count). The number of carbonyl (C=O) groups is 1. The maximum absolute atomic E-state index is 11.5. The number of carbonyl (C=O) groups excluding carboxylic acids is 1. The normalized spacial score (nSPS) is 17.7. The average Bonchev–Trinajstić information content (AvgIpc) is 2.26. The van der Waals surface area contributed by atoms with Gasteiger partial charge in [0, 0.05) is 6.42 Å². The van der Waals surface area contributed by atoms with Gasteiger partial charge in [-0.2, -0.15) is 0 Å². The van der Waals surface area contributed by atoms with Crippen molar-refractivity contribution in [2.24, 2.45) is 0 Å². The lowest BCUT2D eigenvalue weighted by molar-refractivity contribution is -0.150. The van der Waals surface area contributed by atoms with Crippen LogP contribution in [0.25, 0.3) is 0 Å². The summed E-state index contributed by atoms with van der Waals surface area (Å²) in [5.74, 6) is 0.0259. The minimum Gasteiger partial charge on any atom is -0.462 e. The molecule has 0 radical (unpaired) electrons. The Morgan fingerprint density at radius 2 is 1.87 bits per heavy atom. The first-order valence-corrected chi connectivity index (χ1v) is 6.52. The summed E-state index contributed by atoms with van der Waals surface area (Å²) in [5.41, 5.74) is 0. The molecule has 1 saturated carbocycles. The highest BCUT2D eigenvalue weighted by molar-refractivity contribution is 5.69. The van der Waals surface area contributed by atoms with E-state index in [1.165, 1.54) is 32.1 Å². The third-order valence-corrected chi connectivity index (χ3v) is 3.08. The van der Waals surface area contributed by atoms with Crippen molar-refractivity contribution in [2.75, 3.05) is 0 Å². The second-order valence-corrected chi connectivity index (χ2v) is 4.56. The van der Waals surface area contributed by atoms with Gasteiger partial charge in [0.25, 0.3) is 0 Å². The van der Waals surface area contributed by atoms with Gasteiger partial charge in [0.05, 0.1) is 0 Å². The second-order valence-electron chi connectivity index (χ2n) is 4.56. The molecule has 15 heavy (non-hydrogen) atoms. The molecule has 0 bridgehead atoms. The zero-order valence-electron chi connectivity index (χ0n) is 9.96. The number of hydrogen-bond acceptors (Lipinski definition) is 2. The highest BCUT2D eigenvalue weighted by Gasteiger charge is 2.16. The van der Waals surface area contributed by atoms with Crippen molar-refractivity contribution >= 4 is 5.97 Å². The molecule has 0 atom stereocenters. The Kier molecular flexibility index (Phi) is 6.45. The summed E-state index contributed by atoms with van der Waals surface area (Å²) in [5, 5.41) is 0. The Morgan fingerprint density at radius 1 is 1.13 bits per heavy atom. The molecule has 0 saturated heterocycles. The van der Waals surface area contributed by atoms with E-state index in [9.17, 15) is 4.79 Å². The van der Waals surface area contributed by atoms with E-state index in [4.69, 9.17) is 4.74 Å². The van der Waals surface area contributed by atoms with Crippen LogP contribution in [0.1, 0.15) is 71.1 Å². The molecule has 0 N–H and O–H groups in total. The third kappa shape index (κ3) is 5.81. The molecule has 0 aliphatic heterocycles. The molecular weight excluding hydrogens is 188 g/mol. The molecule has 2 nitrogen and oxygen atoms in total. The number of esters is 1. The molecule has 0 aromatic carbocycles. The van der Waals surface area contributed by atoms with Gasteiger partial charge in [-0.3, -0.25) is 4.79 Å². The molecule has 1 aliphatic carbocycles. The maximum atomic E-state index is 11.5. The van der Waals surface area contributed by atoms with E-state index < -0.39 is 0 Å². The molecule has 0 unspecified atom stereocenters. The Hall–Kier alpha value is -0.530. The van der Waals surface area contributed by atoms with Crippen LogP contribution >= 0.6 is 0 Å². The van der Waals surface area contributed by atoms with Crippen LogP contribution in [0, 0.1) is 0 Å². The maximum Gasteiger partial charge on any atom is 0.306 e. The number of ether oxygens (including phenoxy) is 1. The van der Waals surface area contributed by atoms with Crippen LogP contribution in [0.3, 0.4) is 0 Å². The molecule has 0 aromatic heterocycles. The van der Waals surface area contributed by atoms with Gasteiger partial charge in [0.15, 0.2) is 0 Å². The molecule has 88 valence electrons. The van der Waals surface area contributed by atoms with Gasteiger partial charge < -0.3 is 4.74 Å². The minimum atomic E-state index is 0.0259. The van der Waals surface area contributed by atoms with Crippen molar-refractivity contribution in [3.8, 4) is 0 Å². The van der Waals surface area contributed by atoms with Gasteiger partial charge in [-0.05, 0) is 32.1 Å². The zero-order chi connectivity index (χ0) is 10.9. The number of hydrogen-bond donors (Lipinski definition) is 0. The molecule has 1 fully saturated rings. The summed E-state index contributed by atoms with van der Waals surface area (Å²) >= 11 is 0. The SMILES string of the molecule is CCCCCCC(=O)OC1CCCCC1. The first-order valence-electron chi connectivity index (χ1n) is 6.52. The van der Waals surface area contributed by atoms with E-state index in [1.54, 1.807) is 0 Å². The van der Waals surface area contributed by atoms with Crippen LogP contribution in [0.2, 0.25) is 0 Å². The van der Waals surface area contributed by atoms with Gasteiger partial charge in [0.1, 0.15) is 6.10 Å². The topological polar surface area (TPSA) is 26.3 Å². The standard InChI is InChI=1S/C13H24O2/c1-2-3-4-8-11-13(14)15-12-9-6-5-7-10-12/h12H,2-11H2,1H3. The van der Waals surface area contributed by atoms with E-state index in [0.29, 0.717) is 6.42 Å². The molecule has 1 aliphatic rings. The van der Waals surface area contributed by atoms with Crippen molar-refractivity contribution in [2.45, 2.75) is 77.2 Å². The van der Waals surface area contributed by atoms with Crippen LogP contribution < -0.4 is 0 Å². The highest BCUT2D eigenvalue weighted by Crippen LogP contribution is 2.20. The van der Waals surface area contributed by atoms with Crippen molar-refractivity contribution < 1.29 is 9.53 Å². The summed E-state index contributed by atoms with van der Waals surface area (Å²) in [7, 11) is 0. The first-order chi connectivity index (χ1) is 7.33. The van der Waals surface area contributed by atoms with Gasteiger partial charge in [0.2, 0.25) is 0 Å². The van der Waals surface area contributed by atoms with Crippen molar-refractivity contribution in [1.29, 1.82) is 0 Å². The lowest BCUT2D eigenvalue weighted by atomic mass is 9.98. The van der Waals surface area contributed by atoms with Crippen LogP contribution in [-0.4, -0.2) is 12.1 Å². The number of unbranched alkanes of at least 4 members (excludes halogenated alkanes) is 3. The van der Waals surface area contributed by atoms with Crippen LogP contribution in [0.4, 0.5) is 0 Å². The lowest BCUT2D eigenvalue weighted by Gasteiger charge is -2.21. The summed E-state index contributed by atoms with van der Waals surface area (Å²) in [4.78, 5) is 11.5. The third-order valence-electron chi connectivity index (χ3n) is 3.08. The van der Waals surface area contributed by atoms with Gasteiger partial charge in [-0.15, -0.1) is 0 Å². The summed E-state index contributed by atoms with van der Waals surface area (Å²) in [6.07, 6.45) is 11.4. The second kappa shape index (κ2) is 7.72. The van der Waals surface area contributed by atoms with Crippen molar-refractivity contribution in [3.63, 3.8) is 0 Å². The Balaban J connectivity index is 2.01. The molecule has 0 heterocycles. The van der Waals surface area contributed by atoms with Crippen molar-refractivity contribution in [1.82, 2.24) is 0 Å². The van der Waals surface area contributed by atoms with E-state index >= 15 is 0 Å². The molecule has 0 aromatic rings.